The summed E-state index contributed by atoms with van der Waals surface area (Å²) in [6.45, 7) is 9.30. The van der Waals surface area contributed by atoms with Crippen LogP contribution in [-0.4, -0.2) is 44.9 Å². The maximum Gasteiger partial charge on any atom is 0.123 e. The van der Waals surface area contributed by atoms with Crippen LogP contribution in [0.5, 0.6) is 5.75 Å². The second-order valence-electron chi connectivity index (χ2n) is 5.35. The quantitative estimate of drug-likeness (QED) is 0.713. The monoisotopic (exact) mass is 280 g/mol. The van der Waals surface area contributed by atoms with E-state index in [9.17, 15) is 0 Å². The summed E-state index contributed by atoms with van der Waals surface area (Å²) < 4.78 is 11.0. The summed E-state index contributed by atoms with van der Waals surface area (Å²) in [7, 11) is 1.74. The molecule has 0 aliphatic carbocycles. The van der Waals surface area contributed by atoms with Gasteiger partial charge >= 0.3 is 0 Å². The predicted molar refractivity (Wildman–Crippen MR) is 83.0 cm³/mol. The van der Waals surface area contributed by atoms with Gasteiger partial charge in [0.25, 0.3) is 0 Å². The van der Waals surface area contributed by atoms with Crippen molar-refractivity contribution in [3.05, 3.63) is 29.8 Å². The lowest BCUT2D eigenvalue weighted by Crippen LogP contribution is -2.34. The van der Waals surface area contributed by atoms with Gasteiger partial charge in [0.2, 0.25) is 0 Å². The number of ether oxygens (including phenoxy) is 2. The Morgan fingerprint density at radius 3 is 2.50 bits per heavy atom. The second-order valence-corrected chi connectivity index (χ2v) is 5.35. The average molecular weight is 280 g/mol. The number of hydrogen-bond acceptors (Lipinski definition) is 4. The number of nitrogens with zero attached hydrogens (tertiary/aromatic N) is 1. The van der Waals surface area contributed by atoms with Gasteiger partial charge in [0.1, 0.15) is 12.4 Å². The number of hydrogen-bond donors (Lipinski definition) is 1. The van der Waals surface area contributed by atoms with Crippen molar-refractivity contribution >= 4 is 0 Å². The molecule has 0 aliphatic heterocycles. The Morgan fingerprint density at radius 2 is 1.85 bits per heavy atom. The molecule has 0 bridgehead atoms. The fraction of sp³-hybridized carbons (Fsp3) is 0.625. The van der Waals surface area contributed by atoms with E-state index in [1.807, 2.05) is 24.3 Å². The van der Waals surface area contributed by atoms with Crippen LogP contribution in [0.1, 0.15) is 19.4 Å². The summed E-state index contributed by atoms with van der Waals surface area (Å²) in [5.41, 5.74) is 6.76. The molecule has 1 rings (SSSR count). The van der Waals surface area contributed by atoms with Crippen molar-refractivity contribution in [1.82, 2.24) is 4.90 Å². The molecule has 0 spiro atoms. The topological polar surface area (TPSA) is 47.7 Å². The minimum absolute atomic E-state index is 0.509. The van der Waals surface area contributed by atoms with Crippen molar-refractivity contribution < 1.29 is 9.47 Å². The first kappa shape index (κ1) is 17.0. The van der Waals surface area contributed by atoms with Gasteiger partial charge in [0.15, 0.2) is 0 Å². The smallest absolute Gasteiger partial charge is 0.123 e. The zero-order chi connectivity index (χ0) is 14.8. The molecule has 0 amide bonds. The number of rotatable bonds is 10. The maximum atomic E-state index is 5.86. The summed E-state index contributed by atoms with van der Waals surface area (Å²) in [6.07, 6.45) is 0. The third-order valence-electron chi connectivity index (χ3n) is 3.09. The molecular formula is C16H28N2O2. The molecule has 0 unspecified atom stereocenters. The van der Waals surface area contributed by atoms with Crippen LogP contribution < -0.4 is 10.5 Å². The lowest BCUT2D eigenvalue weighted by atomic mass is 10.2. The number of para-hydroxylation sites is 1. The van der Waals surface area contributed by atoms with Gasteiger partial charge in [-0.05, 0) is 12.0 Å². The highest BCUT2D eigenvalue weighted by molar-refractivity contribution is 5.32. The van der Waals surface area contributed by atoms with E-state index in [2.05, 4.69) is 18.7 Å². The number of nitrogens with two attached hydrogens (primary N) is 1. The van der Waals surface area contributed by atoms with Crippen LogP contribution in [-0.2, 0) is 11.3 Å². The molecule has 4 heteroatoms. The average Bonchev–Trinajstić information content (AvgIpc) is 2.44. The number of methoxy groups -OCH3 is 1. The highest BCUT2D eigenvalue weighted by atomic mass is 16.5. The first-order valence-corrected chi connectivity index (χ1v) is 7.29. The zero-order valence-electron chi connectivity index (χ0n) is 13.0. The van der Waals surface area contributed by atoms with Gasteiger partial charge < -0.3 is 15.2 Å². The Morgan fingerprint density at radius 1 is 1.15 bits per heavy atom. The Bertz CT molecular complexity index is 369. The first-order valence-electron chi connectivity index (χ1n) is 7.29. The molecule has 1 aromatic carbocycles. The van der Waals surface area contributed by atoms with Gasteiger partial charge in [-0.25, -0.2) is 0 Å². The maximum absolute atomic E-state index is 5.86. The van der Waals surface area contributed by atoms with E-state index in [1.54, 1.807) is 7.11 Å². The zero-order valence-corrected chi connectivity index (χ0v) is 13.0. The van der Waals surface area contributed by atoms with E-state index >= 15 is 0 Å². The molecule has 20 heavy (non-hydrogen) atoms. The van der Waals surface area contributed by atoms with Crippen LogP contribution >= 0.6 is 0 Å². The largest absolute Gasteiger partial charge is 0.492 e. The standard InChI is InChI=1S/C16H28N2O2/c1-14(2)13-18(8-10-19-3)9-11-20-16-7-5-4-6-15(16)12-17/h4-7,14H,8-13,17H2,1-3H3. The summed E-state index contributed by atoms with van der Waals surface area (Å²) >= 11 is 0. The van der Waals surface area contributed by atoms with Gasteiger partial charge in [0, 0.05) is 38.9 Å². The fourth-order valence-electron chi connectivity index (χ4n) is 2.13. The van der Waals surface area contributed by atoms with Gasteiger partial charge in [0.05, 0.1) is 6.61 Å². The molecule has 0 aromatic heterocycles. The predicted octanol–water partition coefficient (Wildman–Crippen LogP) is 2.13. The molecule has 0 fully saturated rings. The first-order chi connectivity index (χ1) is 9.67. The highest BCUT2D eigenvalue weighted by Crippen LogP contribution is 2.16. The van der Waals surface area contributed by atoms with Gasteiger partial charge in [-0.15, -0.1) is 0 Å². The molecule has 4 nitrogen and oxygen atoms in total. The van der Waals surface area contributed by atoms with Crippen molar-refractivity contribution in [2.24, 2.45) is 11.7 Å². The lowest BCUT2D eigenvalue weighted by molar-refractivity contribution is 0.127. The summed E-state index contributed by atoms with van der Waals surface area (Å²) in [5.74, 6) is 1.54. The van der Waals surface area contributed by atoms with Crippen molar-refractivity contribution in [1.29, 1.82) is 0 Å². The van der Waals surface area contributed by atoms with Gasteiger partial charge in [-0.2, -0.15) is 0 Å². The van der Waals surface area contributed by atoms with Crippen molar-refractivity contribution in [3.63, 3.8) is 0 Å². The van der Waals surface area contributed by atoms with E-state index in [1.165, 1.54) is 0 Å². The normalized spacial score (nSPS) is 11.3. The third-order valence-corrected chi connectivity index (χ3v) is 3.09. The molecule has 0 heterocycles. The molecule has 0 saturated carbocycles. The van der Waals surface area contributed by atoms with Crippen LogP contribution in [0.4, 0.5) is 0 Å². The van der Waals surface area contributed by atoms with Crippen LogP contribution in [0.3, 0.4) is 0 Å². The molecule has 0 aliphatic rings. The Labute approximate surface area is 122 Å². The fourth-order valence-corrected chi connectivity index (χ4v) is 2.13. The van der Waals surface area contributed by atoms with Crippen molar-refractivity contribution in [3.8, 4) is 5.75 Å². The molecule has 1 aromatic rings. The van der Waals surface area contributed by atoms with E-state index in [4.69, 9.17) is 15.2 Å². The van der Waals surface area contributed by atoms with Crippen LogP contribution in [0, 0.1) is 5.92 Å². The SMILES string of the molecule is COCCN(CCOc1ccccc1CN)CC(C)C. The van der Waals surface area contributed by atoms with Crippen molar-refractivity contribution in [2.75, 3.05) is 40.0 Å². The lowest BCUT2D eigenvalue weighted by Gasteiger charge is -2.24. The second kappa shape index (κ2) is 9.75. The Hall–Kier alpha value is -1.10. The summed E-state index contributed by atoms with van der Waals surface area (Å²) in [5, 5.41) is 0. The minimum atomic E-state index is 0.509. The molecule has 0 radical (unpaired) electrons. The number of benzene rings is 1. The van der Waals surface area contributed by atoms with Crippen LogP contribution in [0.15, 0.2) is 24.3 Å². The van der Waals surface area contributed by atoms with Crippen LogP contribution in [0.2, 0.25) is 0 Å². The Kier molecular flexibility index (Phi) is 8.26. The van der Waals surface area contributed by atoms with E-state index in [-0.39, 0.29) is 0 Å². The summed E-state index contributed by atoms with van der Waals surface area (Å²) in [6, 6.07) is 7.94. The molecule has 0 atom stereocenters. The Balaban J connectivity index is 2.42. The molecule has 0 saturated heterocycles. The van der Waals surface area contributed by atoms with Gasteiger partial charge in [-0.3, -0.25) is 4.90 Å². The molecule has 114 valence electrons. The molecular weight excluding hydrogens is 252 g/mol. The van der Waals surface area contributed by atoms with E-state index < -0.39 is 0 Å². The minimum Gasteiger partial charge on any atom is -0.492 e. The summed E-state index contributed by atoms with van der Waals surface area (Å²) in [4.78, 5) is 2.37. The van der Waals surface area contributed by atoms with Crippen molar-refractivity contribution in [2.45, 2.75) is 20.4 Å². The molecule has 2 N–H and O–H groups in total. The highest BCUT2D eigenvalue weighted by Gasteiger charge is 2.08. The van der Waals surface area contributed by atoms with Crippen LogP contribution in [0.25, 0.3) is 0 Å². The van der Waals surface area contributed by atoms with E-state index in [0.29, 0.717) is 19.1 Å². The van der Waals surface area contributed by atoms with Gasteiger partial charge in [-0.1, -0.05) is 32.0 Å². The third kappa shape index (κ3) is 6.37. The van der Waals surface area contributed by atoms with E-state index in [0.717, 1.165) is 37.6 Å².